The molecule has 0 unspecified atom stereocenters. The SMILES string of the molecule is COc1cc(OC)cc(C(=O)O[C@@H](C)C(=O)Nc2ccnn2C(C)C)c1. The number of esters is 1. The van der Waals surface area contributed by atoms with Crippen LogP contribution in [0.25, 0.3) is 0 Å². The third kappa shape index (κ3) is 4.53. The number of amides is 1. The minimum absolute atomic E-state index is 0.0856. The molecule has 140 valence electrons. The Morgan fingerprint density at radius 1 is 1.08 bits per heavy atom. The Kier molecular flexibility index (Phi) is 6.21. The lowest BCUT2D eigenvalue weighted by Crippen LogP contribution is -2.31. The fourth-order valence-electron chi connectivity index (χ4n) is 2.26. The van der Waals surface area contributed by atoms with Crippen LogP contribution in [0.2, 0.25) is 0 Å². The van der Waals surface area contributed by atoms with Crippen LogP contribution in [0.5, 0.6) is 11.5 Å². The van der Waals surface area contributed by atoms with E-state index in [1.165, 1.54) is 33.3 Å². The quantitative estimate of drug-likeness (QED) is 0.762. The standard InChI is InChI=1S/C18H23N3O5/c1-11(2)21-16(6-7-19-21)20-17(22)12(3)26-18(23)13-8-14(24-4)10-15(9-13)25-5/h6-12H,1-5H3,(H,20,22)/t12-/m0/s1. The van der Waals surface area contributed by atoms with Crippen LogP contribution in [-0.4, -0.2) is 42.0 Å². The van der Waals surface area contributed by atoms with Crippen molar-refractivity contribution in [2.75, 3.05) is 19.5 Å². The first kappa shape index (κ1) is 19.3. The summed E-state index contributed by atoms with van der Waals surface area (Å²) in [6, 6.07) is 6.44. The summed E-state index contributed by atoms with van der Waals surface area (Å²) in [7, 11) is 2.97. The predicted octanol–water partition coefficient (Wildman–Crippen LogP) is 2.67. The third-order valence-electron chi connectivity index (χ3n) is 3.65. The molecule has 1 atom stereocenters. The minimum Gasteiger partial charge on any atom is -0.497 e. The number of nitrogens with zero attached hydrogens (tertiary/aromatic N) is 2. The van der Waals surface area contributed by atoms with E-state index in [1.807, 2.05) is 13.8 Å². The van der Waals surface area contributed by atoms with Gasteiger partial charge >= 0.3 is 5.97 Å². The van der Waals surface area contributed by atoms with Crippen molar-refractivity contribution in [3.05, 3.63) is 36.0 Å². The molecule has 0 aliphatic rings. The van der Waals surface area contributed by atoms with Crippen LogP contribution in [0.15, 0.2) is 30.5 Å². The van der Waals surface area contributed by atoms with Gasteiger partial charge in [-0.2, -0.15) is 5.10 Å². The van der Waals surface area contributed by atoms with Gasteiger partial charge in [0.1, 0.15) is 17.3 Å². The van der Waals surface area contributed by atoms with E-state index in [2.05, 4.69) is 10.4 Å². The zero-order valence-electron chi connectivity index (χ0n) is 15.5. The molecule has 0 aliphatic carbocycles. The van der Waals surface area contributed by atoms with Crippen LogP contribution in [-0.2, 0) is 9.53 Å². The molecule has 8 heteroatoms. The molecule has 1 amide bonds. The number of hydrogen-bond acceptors (Lipinski definition) is 6. The first-order valence-corrected chi connectivity index (χ1v) is 8.14. The highest BCUT2D eigenvalue weighted by molar-refractivity contribution is 5.97. The highest BCUT2D eigenvalue weighted by Crippen LogP contribution is 2.23. The summed E-state index contributed by atoms with van der Waals surface area (Å²) >= 11 is 0. The molecule has 0 aliphatic heterocycles. The van der Waals surface area contributed by atoms with Crippen molar-refractivity contribution in [2.45, 2.75) is 32.9 Å². The Hall–Kier alpha value is -3.03. The van der Waals surface area contributed by atoms with E-state index in [9.17, 15) is 9.59 Å². The van der Waals surface area contributed by atoms with Gasteiger partial charge in [0.2, 0.25) is 0 Å². The molecule has 1 aromatic heterocycles. The van der Waals surface area contributed by atoms with Gasteiger partial charge in [0, 0.05) is 18.2 Å². The van der Waals surface area contributed by atoms with E-state index >= 15 is 0 Å². The van der Waals surface area contributed by atoms with E-state index in [1.54, 1.807) is 23.0 Å². The maximum Gasteiger partial charge on any atom is 0.339 e. The lowest BCUT2D eigenvalue weighted by Gasteiger charge is -2.16. The Morgan fingerprint density at radius 3 is 2.23 bits per heavy atom. The van der Waals surface area contributed by atoms with Gasteiger partial charge in [-0.25, -0.2) is 9.48 Å². The largest absolute Gasteiger partial charge is 0.497 e. The van der Waals surface area contributed by atoms with Gasteiger partial charge in [0.05, 0.1) is 26.0 Å². The molecule has 26 heavy (non-hydrogen) atoms. The Morgan fingerprint density at radius 2 is 1.69 bits per heavy atom. The number of anilines is 1. The molecular formula is C18H23N3O5. The average Bonchev–Trinajstić information content (AvgIpc) is 3.09. The second-order valence-electron chi connectivity index (χ2n) is 5.89. The second kappa shape index (κ2) is 8.37. The molecule has 2 aromatic rings. The molecule has 1 aromatic carbocycles. The third-order valence-corrected chi connectivity index (χ3v) is 3.65. The summed E-state index contributed by atoms with van der Waals surface area (Å²) in [6.07, 6.45) is 0.602. The number of methoxy groups -OCH3 is 2. The van der Waals surface area contributed by atoms with Gasteiger partial charge in [0.15, 0.2) is 6.10 Å². The van der Waals surface area contributed by atoms with Crippen molar-refractivity contribution in [3.8, 4) is 11.5 Å². The van der Waals surface area contributed by atoms with Crippen molar-refractivity contribution in [1.82, 2.24) is 9.78 Å². The number of hydrogen-bond donors (Lipinski definition) is 1. The minimum atomic E-state index is -0.991. The first-order valence-electron chi connectivity index (χ1n) is 8.14. The Balaban J connectivity index is 2.06. The summed E-state index contributed by atoms with van der Waals surface area (Å²) < 4.78 is 17.2. The Bertz CT molecular complexity index is 763. The number of carbonyl (C=O) groups is 2. The zero-order chi connectivity index (χ0) is 19.3. The van der Waals surface area contributed by atoms with Gasteiger partial charge in [-0.3, -0.25) is 4.79 Å². The van der Waals surface area contributed by atoms with E-state index in [0.29, 0.717) is 17.3 Å². The predicted molar refractivity (Wildman–Crippen MR) is 95.7 cm³/mol. The van der Waals surface area contributed by atoms with Crippen molar-refractivity contribution >= 4 is 17.7 Å². The number of aromatic nitrogens is 2. The van der Waals surface area contributed by atoms with Crippen molar-refractivity contribution < 1.29 is 23.8 Å². The van der Waals surface area contributed by atoms with E-state index in [4.69, 9.17) is 14.2 Å². The van der Waals surface area contributed by atoms with Crippen LogP contribution >= 0.6 is 0 Å². The van der Waals surface area contributed by atoms with E-state index in [0.717, 1.165) is 0 Å². The molecule has 1 heterocycles. The smallest absolute Gasteiger partial charge is 0.339 e. The van der Waals surface area contributed by atoms with Crippen molar-refractivity contribution in [1.29, 1.82) is 0 Å². The molecule has 0 radical (unpaired) electrons. The Labute approximate surface area is 152 Å². The molecule has 0 saturated heterocycles. The molecule has 0 saturated carbocycles. The fraction of sp³-hybridized carbons (Fsp3) is 0.389. The summed E-state index contributed by atoms with van der Waals surface area (Å²) in [4.78, 5) is 24.7. The normalized spacial score (nSPS) is 11.8. The maximum atomic E-state index is 12.3. The molecule has 2 rings (SSSR count). The summed E-state index contributed by atoms with van der Waals surface area (Å²) in [5.41, 5.74) is 0.230. The van der Waals surface area contributed by atoms with Crippen LogP contribution in [0, 0.1) is 0 Å². The van der Waals surface area contributed by atoms with Crippen LogP contribution in [0.3, 0.4) is 0 Å². The van der Waals surface area contributed by atoms with Crippen LogP contribution < -0.4 is 14.8 Å². The number of carbonyl (C=O) groups excluding carboxylic acids is 2. The van der Waals surface area contributed by atoms with Crippen LogP contribution in [0.1, 0.15) is 37.2 Å². The summed E-state index contributed by atoms with van der Waals surface area (Å²) in [5.74, 6) is 0.345. The van der Waals surface area contributed by atoms with Gasteiger partial charge in [-0.1, -0.05) is 0 Å². The van der Waals surface area contributed by atoms with Crippen molar-refractivity contribution in [3.63, 3.8) is 0 Å². The number of benzene rings is 1. The second-order valence-corrected chi connectivity index (χ2v) is 5.89. The molecule has 0 fully saturated rings. The average molecular weight is 361 g/mol. The van der Waals surface area contributed by atoms with Gasteiger partial charge in [0.25, 0.3) is 5.91 Å². The lowest BCUT2D eigenvalue weighted by atomic mass is 10.2. The molecule has 0 bridgehead atoms. The zero-order valence-corrected chi connectivity index (χ0v) is 15.5. The summed E-state index contributed by atoms with van der Waals surface area (Å²) in [6.45, 7) is 5.39. The highest BCUT2D eigenvalue weighted by Gasteiger charge is 2.21. The monoisotopic (exact) mass is 361 g/mol. The molecule has 1 N–H and O–H groups in total. The van der Waals surface area contributed by atoms with E-state index < -0.39 is 18.0 Å². The highest BCUT2D eigenvalue weighted by atomic mass is 16.5. The van der Waals surface area contributed by atoms with E-state index in [-0.39, 0.29) is 11.6 Å². The fourth-order valence-corrected chi connectivity index (χ4v) is 2.26. The van der Waals surface area contributed by atoms with Gasteiger partial charge in [-0.05, 0) is 32.9 Å². The molecule has 0 spiro atoms. The first-order chi connectivity index (χ1) is 12.3. The number of nitrogens with one attached hydrogen (secondary N) is 1. The summed E-state index contributed by atoms with van der Waals surface area (Å²) in [5, 5.41) is 6.85. The van der Waals surface area contributed by atoms with Crippen LogP contribution in [0.4, 0.5) is 5.82 Å². The topological polar surface area (TPSA) is 91.7 Å². The van der Waals surface area contributed by atoms with Crippen molar-refractivity contribution in [2.24, 2.45) is 0 Å². The molecule has 8 nitrogen and oxygen atoms in total. The lowest BCUT2D eigenvalue weighted by molar-refractivity contribution is -0.123. The van der Waals surface area contributed by atoms with Gasteiger partial charge < -0.3 is 19.5 Å². The molecular weight excluding hydrogens is 338 g/mol. The van der Waals surface area contributed by atoms with Gasteiger partial charge in [-0.15, -0.1) is 0 Å². The number of ether oxygens (including phenoxy) is 3. The number of rotatable bonds is 7. The maximum absolute atomic E-state index is 12.3.